The zero-order chi connectivity index (χ0) is 15.1. The lowest BCUT2D eigenvalue weighted by Crippen LogP contribution is -2.35. The summed E-state index contributed by atoms with van der Waals surface area (Å²) < 4.78 is 5.84. The third-order valence-electron chi connectivity index (χ3n) is 2.84. The molecule has 1 aromatic rings. The first-order chi connectivity index (χ1) is 9.43. The highest BCUT2D eigenvalue weighted by Gasteiger charge is 2.11. The van der Waals surface area contributed by atoms with E-state index in [2.05, 4.69) is 26.6 Å². The maximum atomic E-state index is 11.8. The van der Waals surface area contributed by atoms with Crippen molar-refractivity contribution < 1.29 is 14.3 Å². The maximum absolute atomic E-state index is 11.8. The summed E-state index contributed by atoms with van der Waals surface area (Å²) in [7, 11) is 1.47. The van der Waals surface area contributed by atoms with Crippen LogP contribution in [-0.4, -0.2) is 31.6 Å². The van der Waals surface area contributed by atoms with Crippen LogP contribution in [0.15, 0.2) is 22.7 Å². The molecule has 2 N–H and O–H groups in total. The molecule has 1 atom stereocenters. The lowest BCUT2D eigenvalue weighted by atomic mass is 10.2. The summed E-state index contributed by atoms with van der Waals surface area (Å²) in [5.74, 6) is -0.360. The Bertz CT molecular complexity index is 491. The van der Waals surface area contributed by atoms with Crippen LogP contribution in [0.2, 0.25) is 0 Å². The summed E-state index contributed by atoms with van der Waals surface area (Å²) >= 11 is 3.37. The molecular weight excluding hydrogens is 324 g/mol. The van der Waals surface area contributed by atoms with Crippen LogP contribution in [0.1, 0.15) is 18.9 Å². The number of methoxy groups -OCH3 is 1. The van der Waals surface area contributed by atoms with E-state index < -0.39 is 6.10 Å². The predicted molar refractivity (Wildman–Crippen MR) is 81.6 cm³/mol. The SMILES string of the molecule is COC(C)C(=O)NCCC(=O)Nc1ccc(Br)cc1C. The fourth-order valence-corrected chi connectivity index (χ4v) is 2.01. The number of carbonyl (C=O) groups is 2. The highest BCUT2D eigenvalue weighted by Crippen LogP contribution is 2.19. The number of hydrogen-bond acceptors (Lipinski definition) is 3. The van der Waals surface area contributed by atoms with Gasteiger partial charge >= 0.3 is 0 Å². The Balaban J connectivity index is 2.39. The highest BCUT2D eigenvalue weighted by molar-refractivity contribution is 9.10. The molecule has 6 heteroatoms. The first-order valence-electron chi connectivity index (χ1n) is 6.30. The van der Waals surface area contributed by atoms with Crippen molar-refractivity contribution in [1.29, 1.82) is 0 Å². The summed E-state index contributed by atoms with van der Waals surface area (Å²) in [6.07, 6.45) is -0.288. The molecule has 2 amide bonds. The van der Waals surface area contributed by atoms with Crippen LogP contribution in [0.25, 0.3) is 0 Å². The minimum Gasteiger partial charge on any atom is -0.372 e. The Morgan fingerprint density at radius 3 is 2.70 bits per heavy atom. The van der Waals surface area contributed by atoms with Gasteiger partial charge in [0.05, 0.1) is 0 Å². The molecule has 0 aliphatic rings. The number of rotatable bonds is 6. The van der Waals surface area contributed by atoms with E-state index in [1.54, 1.807) is 6.92 Å². The Hall–Kier alpha value is -1.40. The van der Waals surface area contributed by atoms with E-state index >= 15 is 0 Å². The maximum Gasteiger partial charge on any atom is 0.248 e. The van der Waals surface area contributed by atoms with Crippen LogP contribution in [0, 0.1) is 6.92 Å². The summed E-state index contributed by atoms with van der Waals surface area (Å²) in [6, 6.07) is 5.63. The van der Waals surface area contributed by atoms with Crippen LogP contribution in [0.4, 0.5) is 5.69 Å². The predicted octanol–water partition coefficient (Wildman–Crippen LogP) is 2.24. The summed E-state index contributed by atoms with van der Waals surface area (Å²) in [5, 5.41) is 5.45. The molecule has 0 heterocycles. The van der Waals surface area contributed by atoms with Gasteiger partial charge in [0, 0.05) is 30.2 Å². The van der Waals surface area contributed by atoms with Gasteiger partial charge in [-0.2, -0.15) is 0 Å². The van der Waals surface area contributed by atoms with Crippen molar-refractivity contribution in [3.05, 3.63) is 28.2 Å². The number of amides is 2. The largest absolute Gasteiger partial charge is 0.372 e. The van der Waals surface area contributed by atoms with Gasteiger partial charge in [-0.1, -0.05) is 15.9 Å². The average molecular weight is 343 g/mol. The van der Waals surface area contributed by atoms with Crippen LogP contribution < -0.4 is 10.6 Å². The molecule has 1 aromatic carbocycles. The van der Waals surface area contributed by atoms with Crippen LogP contribution >= 0.6 is 15.9 Å². The van der Waals surface area contributed by atoms with E-state index in [4.69, 9.17) is 4.74 Å². The number of anilines is 1. The summed E-state index contributed by atoms with van der Waals surface area (Å²) in [4.78, 5) is 23.2. The van der Waals surface area contributed by atoms with Gasteiger partial charge in [-0.15, -0.1) is 0 Å². The summed E-state index contributed by atoms with van der Waals surface area (Å²) in [6.45, 7) is 3.86. The topological polar surface area (TPSA) is 67.4 Å². The zero-order valence-electron chi connectivity index (χ0n) is 11.8. The monoisotopic (exact) mass is 342 g/mol. The minimum atomic E-state index is -0.508. The fraction of sp³-hybridized carbons (Fsp3) is 0.429. The molecule has 0 saturated heterocycles. The van der Waals surface area contributed by atoms with Gasteiger partial charge < -0.3 is 15.4 Å². The van der Waals surface area contributed by atoms with Crippen LogP contribution in [-0.2, 0) is 14.3 Å². The zero-order valence-corrected chi connectivity index (χ0v) is 13.4. The number of carbonyl (C=O) groups excluding carboxylic acids is 2. The molecule has 5 nitrogen and oxygen atoms in total. The molecule has 110 valence electrons. The molecular formula is C14H19BrN2O3. The van der Waals surface area contributed by atoms with E-state index in [1.807, 2.05) is 25.1 Å². The number of hydrogen-bond donors (Lipinski definition) is 2. The molecule has 0 fully saturated rings. The lowest BCUT2D eigenvalue weighted by Gasteiger charge is -2.11. The smallest absolute Gasteiger partial charge is 0.248 e. The molecule has 0 radical (unpaired) electrons. The van der Waals surface area contributed by atoms with Gasteiger partial charge in [-0.3, -0.25) is 9.59 Å². The van der Waals surface area contributed by atoms with Crippen LogP contribution in [0.5, 0.6) is 0 Å². The Morgan fingerprint density at radius 2 is 2.10 bits per heavy atom. The molecule has 0 spiro atoms. The van der Waals surface area contributed by atoms with Crippen molar-refractivity contribution in [2.45, 2.75) is 26.4 Å². The third kappa shape index (κ3) is 5.30. The van der Waals surface area contributed by atoms with Gasteiger partial charge in [-0.25, -0.2) is 0 Å². The van der Waals surface area contributed by atoms with Gasteiger partial charge in [0.15, 0.2) is 0 Å². The quantitative estimate of drug-likeness (QED) is 0.832. The lowest BCUT2D eigenvalue weighted by molar-refractivity contribution is -0.130. The normalized spacial score (nSPS) is 11.8. The number of ether oxygens (including phenoxy) is 1. The Morgan fingerprint density at radius 1 is 1.40 bits per heavy atom. The summed E-state index contributed by atoms with van der Waals surface area (Å²) in [5.41, 5.74) is 1.75. The second kappa shape index (κ2) is 8.01. The first kappa shape index (κ1) is 16.7. The average Bonchev–Trinajstić information content (AvgIpc) is 2.41. The molecule has 0 aliphatic carbocycles. The van der Waals surface area contributed by atoms with Crippen molar-refractivity contribution in [1.82, 2.24) is 5.32 Å². The van der Waals surface area contributed by atoms with Crippen LogP contribution in [0.3, 0.4) is 0 Å². The van der Waals surface area contributed by atoms with E-state index in [0.717, 1.165) is 15.7 Å². The standard InChI is InChI=1S/C14H19BrN2O3/c1-9-8-11(15)4-5-12(9)17-13(18)6-7-16-14(19)10(2)20-3/h4-5,8,10H,6-7H2,1-3H3,(H,16,19)(H,17,18). The molecule has 0 aliphatic heterocycles. The Kier molecular flexibility index (Phi) is 6.67. The van der Waals surface area contributed by atoms with Gasteiger partial charge in [0.2, 0.25) is 11.8 Å². The van der Waals surface area contributed by atoms with Crippen molar-refractivity contribution in [3.8, 4) is 0 Å². The van der Waals surface area contributed by atoms with E-state index in [9.17, 15) is 9.59 Å². The second-order valence-electron chi connectivity index (χ2n) is 4.43. The van der Waals surface area contributed by atoms with E-state index in [-0.39, 0.29) is 24.8 Å². The molecule has 0 saturated carbocycles. The van der Waals surface area contributed by atoms with E-state index in [0.29, 0.717) is 0 Å². The number of benzene rings is 1. The van der Waals surface area contributed by atoms with Crippen molar-refractivity contribution in [3.63, 3.8) is 0 Å². The van der Waals surface area contributed by atoms with Gasteiger partial charge in [0.25, 0.3) is 0 Å². The molecule has 1 unspecified atom stereocenters. The highest BCUT2D eigenvalue weighted by atomic mass is 79.9. The van der Waals surface area contributed by atoms with Gasteiger partial charge in [-0.05, 0) is 37.6 Å². The molecule has 0 bridgehead atoms. The number of halogens is 1. The number of aryl methyl sites for hydroxylation is 1. The van der Waals surface area contributed by atoms with Crippen molar-refractivity contribution in [2.75, 3.05) is 19.0 Å². The van der Waals surface area contributed by atoms with Crippen molar-refractivity contribution >= 4 is 33.4 Å². The Labute approximate surface area is 127 Å². The van der Waals surface area contributed by atoms with E-state index in [1.165, 1.54) is 7.11 Å². The first-order valence-corrected chi connectivity index (χ1v) is 7.10. The molecule has 0 aromatic heterocycles. The van der Waals surface area contributed by atoms with Crippen molar-refractivity contribution in [2.24, 2.45) is 0 Å². The van der Waals surface area contributed by atoms with Gasteiger partial charge in [0.1, 0.15) is 6.10 Å². The third-order valence-corrected chi connectivity index (χ3v) is 3.33. The second-order valence-corrected chi connectivity index (χ2v) is 5.34. The molecule has 1 rings (SSSR count). The fourth-order valence-electron chi connectivity index (χ4n) is 1.53. The minimum absolute atomic E-state index is 0.138. The molecule has 20 heavy (non-hydrogen) atoms. The number of nitrogens with one attached hydrogen (secondary N) is 2.